The number of sulfone groups is 1. The van der Waals surface area contributed by atoms with Gasteiger partial charge >= 0.3 is 6.36 Å². The molecule has 2 heterocycles. The van der Waals surface area contributed by atoms with Crippen molar-refractivity contribution >= 4 is 27.1 Å². The molecule has 0 spiro atoms. The van der Waals surface area contributed by atoms with Crippen molar-refractivity contribution in [2.75, 3.05) is 5.75 Å². The number of hydrogen-bond acceptors (Lipinski definition) is 6. The Labute approximate surface area is 156 Å². The molecule has 11 heteroatoms. The topological polar surface area (TPSA) is 85.4 Å². The second-order valence-electron chi connectivity index (χ2n) is 5.71. The number of alkyl halides is 3. The monoisotopic (exact) mass is 418 g/mol. The van der Waals surface area contributed by atoms with Crippen molar-refractivity contribution in [2.24, 2.45) is 0 Å². The molecule has 2 aromatic rings. The van der Waals surface area contributed by atoms with E-state index in [1.807, 2.05) is 0 Å². The predicted octanol–water partition coefficient (Wildman–Crippen LogP) is 2.68. The molecule has 1 amide bonds. The summed E-state index contributed by atoms with van der Waals surface area (Å²) >= 11 is 1.22. The highest BCUT2D eigenvalue weighted by atomic mass is 32.2. The normalized spacial score (nSPS) is 18.4. The number of rotatable bonds is 5. The molecule has 0 aliphatic carbocycles. The lowest BCUT2D eigenvalue weighted by molar-refractivity contribution is -0.274. The number of nitrogens with one attached hydrogen (secondary N) is 1. The first-order chi connectivity index (χ1) is 12.6. The zero-order valence-electron chi connectivity index (χ0n) is 13.6. The first-order valence-corrected chi connectivity index (χ1v) is 10.1. The Hall–Kier alpha value is -2.40. The van der Waals surface area contributed by atoms with Crippen LogP contribution in [0.2, 0.25) is 0 Å². The summed E-state index contributed by atoms with van der Waals surface area (Å²) in [5, 5.41) is 4.23. The van der Waals surface area contributed by atoms with Crippen molar-refractivity contribution in [1.29, 1.82) is 0 Å². The van der Waals surface area contributed by atoms with Crippen molar-refractivity contribution < 1.29 is 31.1 Å². The highest BCUT2D eigenvalue weighted by molar-refractivity contribution is 7.94. The third-order valence-corrected chi connectivity index (χ3v) is 5.94. The number of benzene rings is 1. The van der Waals surface area contributed by atoms with E-state index in [2.05, 4.69) is 15.0 Å². The minimum absolute atomic E-state index is 0.0251. The van der Waals surface area contributed by atoms with Gasteiger partial charge in [-0.2, -0.15) is 0 Å². The SMILES string of the molecule is O=C(Cc1cnc(-c2ccc(OC(F)(F)F)cc2)s1)N[C@@H]1C=CS(=O)(=O)C1. The lowest BCUT2D eigenvalue weighted by Crippen LogP contribution is -2.36. The van der Waals surface area contributed by atoms with Gasteiger partial charge in [-0.05, 0) is 30.3 Å². The summed E-state index contributed by atoms with van der Waals surface area (Å²) < 4.78 is 63.0. The average molecular weight is 418 g/mol. The zero-order valence-corrected chi connectivity index (χ0v) is 15.2. The second-order valence-corrected chi connectivity index (χ2v) is 8.76. The second kappa shape index (κ2) is 7.31. The quantitative estimate of drug-likeness (QED) is 0.807. The van der Waals surface area contributed by atoms with Gasteiger partial charge in [0.05, 0.1) is 18.2 Å². The van der Waals surface area contributed by atoms with Crippen molar-refractivity contribution in [1.82, 2.24) is 10.3 Å². The van der Waals surface area contributed by atoms with E-state index in [4.69, 9.17) is 0 Å². The minimum atomic E-state index is -4.75. The fraction of sp³-hybridized carbons (Fsp3) is 0.250. The average Bonchev–Trinajstić information content (AvgIpc) is 3.13. The summed E-state index contributed by atoms with van der Waals surface area (Å²) in [5.74, 6) is -0.827. The summed E-state index contributed by atoms with van der Waals surface area (Å²) in [7, 11) is -3.25. The molecule has 0 fully saturated rings. The molecule has 1 aliphatic rings. The predicted molar refractivity (Wildman–Crippen MR) is 92.8 cm³/mol. The van der Waals surface area contributed by atoms with Gasteiger partial charge in [-0.3, -0.25) is 4.79 Å². The maximum Gasteiger partial charge on any atom is 0.573 e. The number of nitrogens with zero attached hydrogens (tertiary/aromatic N) is 1. The molecule has 1 aromatic carbocycles. The summed E-state index contributed by atoms with van der Waals surface area (Å²) in [4.78, 5) is 16.8. The molecule has 0 bridgehead atoms. The van der Waals surface area contributed by atoms with Crippen LogP contribution in [-0.2, 0) is 21.1 Å². The third-order valence-electron chi connectivity index (χ3n) is 3.50. The largest absolute Gasteiger partial charge is 0.573 e. The smallest absolute Gasteiger partial charge is 0.406 e. The number of halogens is 3. The summed E-state index contributed by atoms with van der Waals surface area (Å²) in [6.45, 7) is 0. The van der Waals surface area contributed by atoms with Crippen LogP contribution in [0.25, 0.3) is 10.6 Å². The molecule has 6 nitrogen and oxygen atoms in total. The number of carbonyl (C=O) groups excluding carboxylic acids is 1. The molecule has 27 heavy (non-hydrogen) atoms. The Balaban J connectivity index is 1.60. The Kier molecular flexibility index (Phi) is 5.24. The number of aromatic nitrogens is 1. The lowest BCUT2D eigenvalue weighted by Gasteiger charge is -2.09. The number of hydrogen-bond donors (Lipinski definition) is 1. The number of ether oxygens (including phenoxy) is 1. The first-order valence-electron chi connectivity index (χ1n) is 7.61. The molecular weight excluding hydrogens is 405 g/mol. The fourth-order valence-electron chi connectivity index (χ4n) is 2.40. The van der Waals surface area contributed by atoms with Gasteiger partial charge in [0.2, 0.25) is 5.91 Å². The van der Waals surface area contributed by atoms with Crippen LogP contribution in [-0.4, -0.2) is 37.5 Å². The molecule has 1 atom stereocenters. The summed E-state index contributed by atoms with van der Waals surface area (Å²) in [6, 6.07) is 4.71. The number of amides is 1. The fourth-order valence-corrected chi connectivity index (χ4v) is 4.56. The maximum absolute atomic E-state index is 12.2. The van der Waals surface area contributed by atoms with Crippen LogP contribution in [0.3, 0.4) is 0 Å². The molecule has 0 saturated heterocycles. The van der Waals surface area contributed by atoms with E-state index in [0.717, 1.165) is 5.41 Å². The molecule has 0 radical (unpaired) electrons. The van der Waals surface area contributed by atoms with E-state index < -0.39 is 22.2 Å². The molecular formula is C16H13F3N2O4S2. The molecule has 0 unspecified atom stereocenters. The van der Waals surface area contributed by atoms with Crippen LogP contribution >= 0.6 is 11.3 Å². The van der Waals surface area contributed by atoms with Crippen molar-refractivity contribution in [3.05, 3.63) is 46.8 Å². The van der Waals surface area contributed by atoms with Gasteiger partial charge in [-0.25, -0.2) is 13.4 Å². The molecule has 144 valence electrons. The zero-order chi connectivity index (χ0) is 19.7. The van der Waals surface area contributed by atoms with Gasteiger partial charge in [0.25, 0.3) is 0 Å². The third kappa shape index (κ3) is 5.54. The minimum Gasteiger partial charge on any atom is -0.406 e. The van der Waals surface area contributed by atoms with E-state index in [9.17, 15) is 26.4 Å². The molecule has 1 aromatic heterocycles. The molecule has 1 N–H and O–H groups in total. The van der Waals surface area contributed by atoms with Crippen molar-refractivity contribution in [3.8, 4) is 16.3 Å². The highest BCUT2D eigenvalue weighted by Gasteiger charge is 2.31. The van der Waals surface area contributed by atoms with Crippen LogP contribution in [0.15, 0.2) is 41.9 Å². The number of thiazole rings is 1. The van der Waals surface area contributed by atoms with Crippen LogP contribution in [0.4, 0.5) is 13.2 Å². The van der Waals surface area contributed by atoms with Crippen molar-refractivity contribution in [3.63, 3.8) is 0 Å². The van der Waals surface area contributed by atoms with E-state index in [1.54, 1.807) is 0 Å². The van der Waals surface area contributed by atoms with Crippen LogP contribution in [0.1, 0.15) is 4.88 Å². The molecule has 3 rings (SSSR count). The van der Waals surface area contributed by atoms with Crippen molar-refractivity contribution in [2.45, 2.75) is 18.8 Å². The van der Waals surface area contributed by atoms with Gasteiger partial charge in [0.1, 0.15) is 10.8 Å². The van der Waals surface area contributed by atoms with Gasteiger partial charge in [-0.1, -0.05) is 0 Å². The van der Waals surface area contributed by atoms with E-state index in [-0.39, 0.29) is 23.8 Å². The van der Waals surface area contributed by atoms with Gasteiger partial charge in [0, 0.05) is 22.0 Å². The lowest BCUT2D eigenvalue weighted by atomic mass is 10.2. The maximum atomic E-state index is 12.2. The van der Waals surface area contributed by atoms with E-state index in [0.29, 0.717) is 15.4 Å². The van der Waals surface area contributed by atoms with Crippen LogP contribution < -0.4 is 10.1 Å². The van der Waals surface area contributed by atoms with Gasteiger partial charge in [-0.15, -0.1) is 24.5 Å². The Morgan fingerprint density at radius 1 is 1.30 bits per heavy atom. The standard InChI is InChI=1S/C16H13F3N2O4S2/c17-16(18,19)25-12-3-1-10(2-4-12)15-20-8-13(26-15)7-14(22)21-11-5-6-27(23,24)9-11/h1-6,8,11H,7,9H2,(H,21,22)/t11-/m1/s1. The highest BCUT2D eigenvalue weighted by Crippen LogP contribution is 2.29. The Bertz CT molecular complexity index is 966. The van der Waals surface area contributed by atoms with Crippen LogP contribution in [0.5, 0.6) is 5.75 Å². The Morgan fingerprint density at radius 3 is 2.59 bits per heavy atom. The van der Waals surface area contributed by atoms with Gasteiger partial charge < -0.3 is 10.1 Å². The van der Waals surface area contributed by atoms with E-state index >= 15 is 0 Å². The number of carbonyl (C=O) groups is 1. The summed E-state index contributed by atoms with van der Waals surface area (Å²) in [6.07, 6.45) is -1.80. The summed E-state index contributed by atoms with van der Waals surface area (Å²) in [5.41, 5.74) is 0.589. The Morgan fingerprint density at radius 2 is 2.00 bits per heavy atom. The van der Waals surface area contributed by atoms with E-state index in [1.165, 1.54) is 47.9 Å². The molecule has 1 aliphatic heterocycles. The van der Waals surface area contributed by atoms with Crippen LogP contribution in [0, 0.1) is 0 Å². The first kappa shape index (κ1) is 19.4. The molecule has 0 saturated carbocycles. The van der Waals surface area contributed by atoms with Gasteiger partial charge in [0.15, 0.2) is 9.84 Å².